The van der Waals surface area contributed by atoms with Crippen molar-refractivity contribution >= 4 is 41.4 Å². The average Bonchev–Trinajstić information content (AvgIpc) is 2.83. The molecule has 1 heterocycles. The third-order valence-electron chi connectivity index (χ3n) is 8.59. The van der Waals surface area contributed by atoms with Gasteiger partial charge in [0, 0.05) is 11.5 Å². The average molecular weight is 671 g/mol. The Hall–Kier alpha value is -1.45. The Kier molecular flexibility index (Phi) is 9.14. The van der Waals surface area contributed by atoms with Crippen LogP contribution in [0.3, 0.4) is 0 Å². The molecule has 5 aliphatic rings. The number of rotatable bonds is 10. The van der Waals surface area contributed by atoms with Gasteiger partial charge < -0.3 is 14.2 Å². The van der Waals surface area contributed by atoms with E-state index < -0.39 is 82.7 Å². The highest BCUT2D eigenvalue weighted by atomic mass is 32.2. The number of hydrogen-bond donors (Lipinski definition) is 0. The summed E-state index contributed by atoms with van der Waals surface area (Å²) in [4.78, 5) is 36.5. The molecule has 2 atom stereocenters. The maximum Gasteiger partial charge on any atom is 0.453 e. The fourth-order valence-electron chi connectivity index (χ4n) is 6.70. The Balaban J connectivity index is 1.47. The van der Waals surface area contributed by atoms with Gasteiger partial charge >= 0.3 is 30.0 Å². The van der Waals surface area contributed by atoms with Crippen molar-refractivity contribution in [3.8, 4) is 0 Å². The molecule has 5 fully saturated rings. The van der Waals surface area contributed by atoms with Crippen molar-refractivity contribution in [2.24, 2.45) is 23.2 Å². The Morgan fingerprint density at radius 3 is 1.70 bits per heavy atom. The maximum atomic E-state index is 14.3. The number of halogens is 8. The number of carbonyl (C=O) groups is 3. The van der Waals surface area contributed by atoms with Crippen LogP contribution in [-0.2, 0) is 28.6 Å². The second kappa shape index (κ2) is 11.4. The van der Waals surface area contributed by atoms with Gasteiger partial charge in [-0.05, 0) is 70.6 Å². The van der Waals surface area contributed by atoms with Gasteiger partial charge in [-0.2, -0.15) is 22.0 Å². The summed E-state index contributed by atoms with van der Waals surface area (Å²) >= 11 is 2.91. The van der Waals surface area contributed by atoms with Crippen LogP contribution in [0.25, 0.3) is 0 Å². The van der Waals surface area contributed by atoms with E-state index in [0.717, 1.165) is 26.7 Å². The van der Waals surface area contributed by atoms with Gasteiger partial charge in [0.1, 0.15) is 31.7 Å². The number of carbonyl (C=O) groups excluding carboxylic acids is 3. The van der Waals surface area contributed by atoms with Crippen molar-refractivity contribution in [3.05, 3.63) is 0 Å². The van der Waals surface area contributed by atoms with E-state index in [9.17, 15) is 49.5 Å². The Bertz CT molecular complexity index is 1080. The molecule has 6 nitrogen and oxygen atoms in total. The van der Waals surface area contributed by atoms with Crippen LogP contribution < -0.4 is 0 Å². The van der Waals surface area contributed by atoms with E-state index in [1.165, 1.54) is 23.5 Å². The van der Waals surface area contributed by atoms with Gasteiger partial charge in [0.05, 0.1) is 9.49 Å². The summed E-state index contributed by atoms with van der Waals surface area (Å²) in [5.41, 5.74) is -4.20. The fourth-order valence-corrected chi connectivity index (χ4v) is 10.8. The molecule has 0 aromatic rings. The first kappa shape index (κ1) is 34.4. The summed E-state index contributed by atoms with van der Waals surface area (Å²) < 4.78 is 121. The third kappa shape index (κ3) is 7.51. The minimum absolute atomic E-state index is 0.0386. The molecule has 2 unspecified atom stereocenters. The predicted octanol–water partition coefficient (Wildman–Crippen LogP) is 6.74. The minimum atomic E-state index is -5.96. The molecule has 16 heteroatoms. The summed E-state index contributed by atoms with van der Waals surface area (Å²) in [6.07, 6.45) is -6.15. The van der Waals surface area contributed by atoms with Crippen LogP contribution in [0.1, 0.15) is 65.7 Å². The Morgan fingerprint density at radius 2 is 1.26 bits per heavy atom. The molecule has 4 bridgehead atoms. The molecule has 43 heavy (non-hydrogen) atoms. The van der Waals surface area contributed by atoms with Crippen molar-refractivity contribution in [3.63, 3.8) is 0 Å². The molecule has 5 rings (SSSR count). The fraction of sp³-hybridized carbons (Fsp3) is 0.889. The van der Waals surface area contributed by atoms with Gasteiger partial charge in [-0.25, -0.2) is 18.0 Å². The molecule has 246 valence electrons. The third-order valence-corrected chi connectivity index (χ3v) is 13.0. The van der Waals surface area contributed by atoms with Crippen molar-refractivity contribution < 1.29 is 63.7 Å². The van der Waals surface area contributed by atoms with Crippen LogP contribution >= 0.6 is 23.5 Å². The predicted molar refractivity (Wildman–Crippen MR) is 140 cm³/mol. The van der Waals surface area contributed by atoms with E-state index in [-0.39, 0.29) is 29.3 Å². The first-order valence-electron chi connectivity index (χ1n) is 13.8. The lowest BCUT2D eigenvalue weighted by Crippen LogP contribution is -2.64. The van der Waals surface area contributed by atoms with Gasteiger partial charge in [-0.3, -0.25) is 9.59 Å². The Labute approximate surface area is 252 Å². The molecule has 4 aliphatic carbocycles. The Morgan fingerprint density at radius 1 is 0.767 bits per heavy atom. The number of esters is 3. The van der Waals surface area contributed by atoms with Gasteiger partial charge in [0.25, 0.3) is 5.92 Å². The standard InChI is InChI=1S/C27H34F8O6S2/c1-21(2,28)20(38)41-24-6-15-4-16(7-24)26(17(5-15)8-24)42-13-23(14-43-26,11-39-18(36)9-22(3,29)30)12-40-19(37)10-25(31,32)27(33,34)35/h15-17H,4-14H2,1-3H3. The van der Waals surface area contributed by atoms with Crippen molar-refractivity contribution in [1.82, 2.24) is 0 Å². The molecule has 0 aromatic carbocycles. The quantitative estimate of drug-likeness (QED) is 0.144. The lowest BCUT2D eigenvalue weighted by Gasteiger charge is -2.65. The normalized spacial score (nSPS) is 34.3. The van der Waals surface area contributed by atoms with Crippen LogP contribution in [0, 0.1) is 23.2 Å². The van der Waals surface area contributed by atoms with E-state index in [0.29, 0.717) is 26.2 Å². The molecule has 0 N–H and O–H groups in total. The van der Waals surface area contributed by atoms with Crippen LogP contribution in [0.15, 0.2) is 0 Å². The highest BCUT2D eigenvalue weighted by molar-refractivity contribution is 8.18. The zero-order chi connectivity index (χ0) is 32.3. The second-order valence-corrected chi connectivity index (χ2v) is 15.9. The zero-order valence-electron chi connectivity index (χ0n) is 23.8. The summed E-state index contributed by atoms with van der Waals surface area (Å²) in [6, 6.07) is 0. The first-order chi connectivity index (χ1) is 19.5. The number of ether oxygens (including phenoxy) is 3. The largest absolute Gasteiger partial charge is 0.465 e. The summed E-state index contributed by atoms with van der Waals surface area (Å²) in [7, 11) is 0. The monoisotopic (exact) mass is 670 g/mol. The second-order valence-electron chi connectivity index (χ2n) is 13.1. The van der Waals surface area contributed by atoms with E-state index in [4.69, 9.17) is 14.2 Å². The van der Waals surface area contributed by atoms with E-state index in [1.54, 1.807) is 0 Å². The van der Waals surface area contributed by atoms with Gasteiger partial charge in [0.15, 0.2) is 0 Å². The number of thioether (sulfide) groups is 2. The van der Waals surface area contributed by atoms with Crippen LogP contribution in [0.2, 0.25) is 0 Å². The van der Waals surface area contributed by atoms with Crippen molar-refractivity contribution in [1.29, 1.82) is 0 Å². The van der Waals surface area contributed by atoms with Crippen LogP contribution in [-0.4, -0.2) is 76.0 Å². The smallest absolute Gasteiger partial charge is 0.453 e. The molecule has 1 aliphatic heterocycles. The molecular formula is C27H34F8O6S2. The van der Waals surface area contributed by atoms with Crippen molar-refractivity contribution in [2.45, 2.75) is 99.1 Å². The van der Waals surface area contributed by atoms with Gasteiger partial charge in [-0.1, -0.05) is 0 Å². The van der Waals surface area contributed by atoms with Crippen LogP contribution in [0.5, 0.6) is 0 Å². The molecule has 0 amide bonds. The van der Waals surface area contributed by atoms with E-state index in [1.807, 2.05) is 0 Å². The van der Waals surface area contributed by atoms with E-state index in [2.05, 4.69) is 0 Å². The maximum absolute atomic E-state index is 14.3. The first-order valence-corrected chi connectivity index (χ1v) is 15.8. The molecule has 0 radical (unpaired) electrons. The zero-order valence-corrected chi connectivity index (χ0v) is 25.4. The molecular weight excluding hydrogens is 636 g/mol. The lowest BCUT2D eigenvalue weighted by molar-refractivity contribution is -0.284. The van der Waals surface area contributed by atoms with Gasteiger partial charge in [-0.15, -0.1) is 23.5 Å². The highest BCUT2D eigenvalue weighted by Crippen LogP contribution is 2.70. The van der Waals surface area contributed by atoms with Crippen molar-refractivity contribution in [2.75, 3.05) is 24.7 Å². The molecule has 0 aromatic heterocycles. The molecule has 1 spiro atoms. The minimum Gasteiger partial charge on any atom is -0.465 e. The topological polar surface area (TPSA) is 78.9 Å². The van der Waals surface area contributed by atoms with Gasteiger partial charge in [0.2, 0.25) is 5.67 Å². The SMILES string of the molecule is CC(F)(F)CC(=O)OCC1(COC(=O)CC(F)(F)C(F)(F)F)CSC2(SC1)C1CC3CC2CC(OC(=O)C(C)(C)F)(C3)C1. The summed E-state index contributed by atoms with van der Waals surface area (Å²) in [5.74, 6) is -12.1. The number of alkyl halides is 8. The summed E-state index contributed by atoms with van der Waals surface area (Å²) in [6.45, 7) is 1.60. The lowest BCUT2D eigenvalue weighted by atomic mass is 9.53. The van der Waals surface area contributed by atoms with E-state index >= 15 is 0 Å². The van der Waals surface area contributed by atoms with Crippen LogP contribution in [0.4, 0.5) is 35.1 Å². The summed E-state index contributed by atoms with van der Waals surface area (Å²) in [5, 5.41) is 0. The number of hydrogen-bond acceptors (Lipinski definition) is 8. The highest BCUT2D eigenvalue weighted by Gasteiger charge is 2.66. The molecule has 1 saturated heterocycles. The molecule has 4 saturated carbocycles.